The zero-order valence-corrected chi connectivity index (χ0v) is 23.8. The minimum atomic E-state index is -0.598. The van der Waals surface area contributed by atoms with Crippen molar-refractivity contribution in [3.8, 4) is 21.7 Å². The predicted octanol–water partition coefficient (Wildman–Crippen LogP) is 7.26. The first kappa shape index (κ1) is 27.5. The van der Waals surface area contributed by atoms with Crippen molar-refractivity contribution in [2.24, 2.45) is 0 Å². The van der Waals surface area contributed by atoms with E-state index in [4.69, 9.17) is 14.5 Å². The molecule has 0 saturated carbocycles. The van der Waals surface area contributed by atoms with Crippen LogP contribution >= 0.6 is 11.3 Å². The van der Waals surface area contributed by atoms with Crippen LogP contribution in [0.2, 0.25) is 0 Å². The number of amides is 1. The first-order valence-corrected chi connectivity index (χ1v) is 13.7. The molecule has 0 spiro atoms. The number of anilines is 2. The van der Waals surface area contributed by atoms with Crippen LogP contribution in [-0.4, -0.2) is 55.5 Å². The first-order chi connectivity index (χ1) is 18.1. The minimum absolute atomic E-state index is 0.369. The number of fused-ring (bicyclic) bond motifs is 1. The van der Waals surface area contributed by atoms with Crippen LogP contribution in [0, 0.1) is 0 Å². The highest BCUT2D eigenvalue weighted by atomic mass is 32.1. The molecule has 0 unspecified atom stereocenters. The second kappa shape index (κ2) is 11.9. The summed E-state index contributed by atoms with van der Waals surface area (Å²) in [5.74, 6) is 0.534. The van der Waals surface area contributed by atoms with E-state index in [9.17, 15) is 4.79 Å². The summed E-state index contributed by atoms with van der Waals surface area (Å²) in [4.78, 5) is 25.9. The van der Waals surface area contributed by atoms with E-state index >= 15 is 0 Å². The smallest absolute Gasteiger partial charge is 0.416 e. The molecule has 0 fully saturated rings. The SMILES string of the molecule is CCCOCCN(C(=O)OC(C)(C)C)c1ccc(-c2ccc(-c3nc4ccc(N(C)C)cc4s3)cc2)cn1. The van der Waals surface area contributed by atoms with E-state index in [-0.39, 0.29) is 0 Å². The van der Waals surface area contributed by atoms with E-state index in [0.717, 1.165) is 39.3 Å². The molecule has 1 amide bonds. The Kier molecular flexibility index (Phi) is 8.64. The Hall–Kier alpha value is -3.49. The molecule has 2 heterocycles. The van der Waals surface area contributed by atoms with Gasteiger partial charge in [0.2, 0.25) is 0 Å². The molecule has 4 aromatic rings. The van der Waals surface area contributed by atoms with Crippen LogP contribution in [0.3, 0.4) is 0 Å². The topological polar surface area (TPSA) is 67.8 Å². The third kappa shape index (κ3) is 6.88. The van der Waals surface area contributed by atoms with Gasteiger partial charge in [-0.2, -0.15) is 0 Å². The van der Waals surface area contributed by atoms with Gasteiger partial charge in [-0.25, -0.2) is 14.8 Å². The molecule has 0 saturated heterocycles. The van der Waals surface area contributed by atoms with Crippen LogP contribution < -0.4 is 9.80 Å². The number of hydrogen-bond donors (Lipinski definition) is 0. The summed E-state index contributed by atoms with van der Waals surface area (Å²) in [6.07, 6.45) is 2.28. The highest BCUT2D eigenvalue weighted by molar-refractivity contribution is 7.21. The van der Waals surface area contributed by atoms with Crippen LogP contribution in [0.4, 0.5) is 16.3 Å². The number of carbonyl (C=O) groups excluding carboxylic acids is 1. The number of nitrogens with zero attached hydrogens (tertiary/aromatic N) is 4. The molecule has 38 heavy (non-hydrogen) atoms. The van der Waals surface area contributed by atoms with Gasteiger partial charge in [-0.15, -0.1) is 11.3 Å². The summed E-state index contributed by atoms with van der Waals surface area (Å²) in [5.41, 5.74) is 4.66. The van der Waals surface area contributed by atoms with E-state index in [0.29, 0.717) is 25.6 Å². The summed E-state index contributed by atoms with van der Waals surface area (Å²) >= 11 is 1.69. The third-order valence-electron chi connectivity index (χ3n) is 5.80. The Morgan fingerprint density at radius 1 is 0.947 bits per heavy atom. The van der Waals surface area contributed by atoms with Crippen molar-refractivity contribution in [3.05, 3.63) is 60.8 Å². The highest BCUT2D eigenvalue weighted by Crippen LogP contribution is 2.33. The lowest BCUT2D eigenvalue weighted by Crippen LogP contribution is -2.39. The zero-order chi connectivity index (χ0) is 27.3. The molecule has 0 atom stereocenters. The molecule has 8 heteroatoms. The monoisotopic (exact) mass is 532 g/mol. The molecule has 2 aromatic carbocycles. The van der Waals surface area contributed by atoms with Crippen LogP contribution in [0.5, 0.6) is 0 Å². The molecular weight excluding hydrogens is 496 g/mol. The van der Waals surface area contributed by atoms with Crippen molar-refractivity contribution >= 4 is 39.2 Å². The fourth-order valence-corrected chi connectivity index (χ4v) is 4.86. The van der Waals surface area contributed by atoms with Gasteiger partial charge in [-0.1, -0.05) is 31.2 Å². The van der Waals surface area contributed by atoms with Gasteiger partial charge >= 0.3 is 6.09 Å². The predicted molar refractivity (Wildman–Crippen MR) is 157 cm³/mol. The van der Waals surface area contributed by atoms with Crippen LogP contribution in [0.15, 0.2) is 60.8 Å². The Balaban J connectivity index is 1.51. The molecule has 0 aliphatic rings. The van der Waals surface area contributed by atoms with Gasteiger partial charge in [-0.05, 0) is 63.1 Å². The van der Waals surface area contributed by atoms with E-state index < -0.39 is 11.7 Å². The van der Waals surface area contributed by atoms with Crippen LogP contribution in [0.25, 0.3) is 31.9 Å². The fourth-order valence-electron chi connectivity index (χ4n) is 3.86. The molecule has 0 N–H and O–H groups in total. The average Bonchev–Trinajstić information content (AvgIpc) is 3.31. The van der Waals surface area contributed by atoms with Gasteiger partial charge < -0.3 is 14.4 Å². The zero-order valence-electron chi connectivity index (χ0n) is 23.0. The first-order valence-electron chi connectivity index (χ1n) is 12.9. The summed E-state index contributed by atoms with van der Waals surface area (Å²) in [6, 6.07) is 18.5. The van der Waals surface area contributed by atoms with Gasteiger partial charge in [0.05, 0.1) is 23.4 Å². The second-order valence-corrected chi connectivity index (χ2v) is 11.3. The van der Waals surface area contributed by atoms with E-state index in [1.807, 2.05) is 47.0 Å². The number of benzene rings is 2. The van der Waals surface area contributed by atoms with Crippen molar-refractivity contribution in [1.29, 1.82) is 0 Å². The molecular formula is C30H36N4O3S. The Morgan fingerprint density at radius 3 is 2.29 bits per heavy atom. The summed E-state index contributed by atoms with van der Waals surface area (Å²) < 4.78 is 12.4. The standard InChI is InChI=1S/C30H36N4O3S/c1-7-17-36-18-16-34(29(35)37-30(2,3)4)27-15-12-23(20-31-27)21-8-10-22(11-9-21)28-32-25-14-13-24(33(5)6)19-26(25)38-28/h8-15,19-20H,7,16-18H2,1-6H3. The second-order valence-electron chi connectivity index (χ2n) is 10.3. The molecule has 7 nitrogen and oxygen atoms in total. The minimum Gasteiger partial charge on any atom is -0.443 e. The van der Waals surface area contributed by atoms with Crippen molar-refractivity contribution in [3.63, 3.8) is 0 Å². The third-order valence-corrected chi connectivity index (χ3v) is 6.87. The molecule has 0 bridgehead atoms. The maximum Gasteiger partial charge on any atom is 0.416 e. The normalized spacial score (nSPS) is 11.5. The lowest BCUT2D eigenvalue weighted by Gasteiger charge is -2.26. The summed E-state index contributed by atoms with van der Waals surface area (Å²) in [5, 5.41) is 0.995. The number of ether oxygens (including phenoxy) is 2. The highest BCUT2D eigenvalue weighted by Gasteiger charge is 2.24. The molecule has 0 aliphatic carbocycles. The maximum absolute atomic E-state index is 12.9. The van der Waals surface area contributed by atoms with Crippen molar-refractivity contribution in [2.45, 2.75) is 39.7 Å². The number of carbonyl (C=O) groups is 1. The fraction of sp³-hybridized carbons (Fsp3) is 0.367. The summed E-state index contributed by atoms with van der Waals surface area (Å²) in [7, 11) is 4.08. The quantitative estimate of drug-likeness (QED) is 0.211. The molecule has 0 radical (unpaired) electrons. The molecule has 200 valence electrons. The van der Waals surface area contributed by atoms with Crippen molar-refractivity contribution < 1.29 is 14.3 Å². The lowest BCUT2D eigenvalue weighted by atomic mass is 10.1. The van der Waals surface area contributed by atoms with E-state index in [2.05, 4.69) is 59.3 Å². The maximum atomic E-state index is 12.9. The van der Waals surface area contributed by atoms with E-state index in [1.54, 1.807) is 17.5 Å². The average molecular weight is 533 g/mol. The Labute approximate surface area is 229 Å². The number of rotatable bonds is 9. The number of hydrogen-bond acceptors (Lipinski definition) is 7. The largest absolute Gasteiger partial charge is 0.443 e. The van der Waals surface area contributed by atoms with Crippen molar-refractivity contribution in [2.75, 3.05) is 43.7 Å². The molecule has 0 aliphatic heterocycles. The Bertz CT molecular complexity index is 1360. The van der Waals surface area contributed by atoms with Gasteiger partial charge in [0.15, 0.2) is 0 Å². The van der Waals surface area contributed by atoms with E-state index in [1.165, 1.54) is 9.60 Å². The lowest BCUT2D eigenvalue weighted by molar-refractivity contribution is 0.0559. The van der Waals surface area contributed by atoms with Crippen LogP contribution in [-0.2, 0) is 9.47 Å². The van der Waals surface area contributed by atoms with Crippen molar-refractivity contribution in [1.82, 2.24) is 9.97 Å². The Morgan fingerprint density at radius 2 is 1.66 bits per heavy atom. The summed E-state index contributed by atoms with van der Waals surface area (Å²) in [6.45, 7) is 9.05. The number of pyridine rings is 1. The number of aromatic nitrogens is 2. The van der Waals surface area contributed by atoms with Gasteiger partial charge in [0.25, 0.3) is 0 Å². The molecule has 2 aromatic heterocycles. The van der Waals surface area contributed by atoms with Gasteiger partial charge in [-0.3, -0.25) is 4.90 Å². The molecule has 4 rings (SSSR count). The van der Waals surface area contributed by atoms with Gasteiger partial charge in [0.1, 0.15) is 16.4 Å². The van der Waals surface area contributed by atoms with Crippen LogP contribution in [0.1, 0.15) is 34.1 Å². The number of thiazole rings is 1. The van der Waals surface area contributed by atoms with Gasteiger partial charge in [0, 0.05) is 43.7 Å².